The Hall–Kier alpha value is -3.25. The van der Waals surface area contributed by atoms with Crippen molar-refractivity contribution in [2.24, 2.45) is 11.7 Å². The molecule has 158 valence electrons. The standard InChI is InChI=1S/C22H21BF2N4OS/c24-8-15(9-25)11-29-12-19(16-2-1-3-17(7-16)21(27)31)18-5-4-14(6-20(18)29)10-28-22(30)23-13-26/h1-7,12,15,23H,8-11H2,(H2,27,31)(H,28,30). The minimum atomic E-state index is -0.758. The molecule has 0 atom stereocenters. The first-order valence-corrected chi connectivity index (χ1v) is 10.1. The average Bonchev–Trinajstić information content (AvgIpc) is 3.14. The SMILES string of the molecule is N#CBC(=O)NCc1ccc2c(-c3cccc(C(N)=S)c3)cn(CC(CF)CF)c2c1. The number of carbonyl (C=O) groups is 1. The van der Waals surface area contributed by atoms with Crippen molar-refractivity contribution in [3.63, 3.8) is 0 Å². The summed E-state index contributed by atoms with van der Waals surface area (Å²) < 4.78 is 28.3. The van der Waals surface area contributed by atoms with E-state index in [1.807, 2.05) is 53.2 Å². The molecule has 0 unspecified atom stereocenters. The summed E-state index contributed by atoms with van der Waals surface area (Å²) in [4.78, 5) is 11.9. The summed E-state index contributed by atoms with van der Waals surface area (Å²) in [5.41, 5.74) is 9.90. The largest absolute Gasteiger partial charge is 0.389 e. The summed E-state index contributed by atoms with van der Waals surface area (Å²) in [5, 5.41) is 12.2. The molecule has 9 heteroatoms. The molecule has 5 nitrogen and oxygen atoms in total. The molecule has 1 heterocycles. The summed E-state index contributed by atoms with van der Waals surface area (Å²) >= 11 is 5.08. The molecule has 0 bridgehead atoms. The number of aromatic nitrogens is 1. The molecule has 0 fully saturated rings. The van der Waals surface area contributed by atoms with Gasteiger partial charge < -0.3 is 15.6 Å². The summed E-state index contributed by atoms with van der Waals surface area (Å²) in [6.07, 6.45) is 1.87. The lowest BCUT2D eigenvalue weighted by atomic mass is 9.80. The number of rotatable bonds is 9. The van der Waals surface area contributed by atoms with Crippen molar-refractivity contribution >= 4 is 41.2 Å². The van der Waals surface area contributed by atoms with Gasteiger partial charge in [-0.05, 0) is 23.3 Å². The number of hydrogen-bond acceptors (Lipinski definition) is 3. The third-order valence-corrected chi connectivity index (χ3v) is 5.26. The van der Waals surface area contributed by atoms with Gasteiger partial charge in [-0.3, -0.25) is 13.6 Å². The zero-order chi connectivity index (χ0) is 22.4. The molecule has 1 aromatic heterocycles. The molecule has 0 saturated heterocycles. The average molecular weight is 438 g/mol. The van der Waals surface area contributed by atoms with Crippen LogP contribution in [-0.2, 0) is 13.1 Å². The summed E-state index contributed by atoms with van der Waals surface area (Å²) in [5.74, 6) is 0.702. The highest BCUT2D eigenvalue weighted by atomic mass is 32.1. The Morgan fingerprint density at radius 2 is 2.03 bits per heavy atom. The van der Waals surface area contributed by atoms with Gasteiger partial charge in [0.15, 0.2) is 5.81 Å². The first kappa shape index (κ1) is 22.4. The molecular weight excluding hydrogens is 417 g/mol. The van der Waals surface area contributed by atoms with E-state index in [-0.39, 0.29) is 31.2 Å². The maximum absolute atomic E-state index is 13.2. The number of carbonyl (C=O) groups excluding carboxylic acids is 1. The lowest BCUT2D eigenvalue weighted by Crippen LogP contribution is -2.25. The predicted molar refractivity (Wildman–Crippen MR) is 124 cm³/mol. The van der Waals surface area contributed by atoms with Crippen LogP contribution in [-0.4, -0.2) is 36.0 Å². The van der Waals surface area contributed by atoms with Crippen molar-refractivity contribution in [1.29, 1.82) is 5.26 Å². The van der Waals surface area contributed by atoms with E-state index in [0.717, 1.165) is 33.2 Å². The van der Waals surface area contributed by atoms with Gasteiger partial charge in [-0.1, -0.05) is 42.5 Å². The fourth-order valence-corrected chi connectivity index (χ4v) is 3.55. The summed E-state index contributed by atoms with van der Waals surface area (Å²) in [7, 11) is -0.212. The Morgan fingerprint density at radius 3 is 2.71 bits per heavy atom. The van der Waals surface area contributed by atoms with Crippen LogP contribution in [0.1, 0.15) is 11.1 Å². The lowest BCUT2D eigenvalue weighted by Gasteiger charge is -2.12. The van der Waals surface area contributed by atoms with Gasteiger partial charge in [0.2, 0.25) is 0 Å². The van der Waals surface area contributed by atoms with Crippen LogP contribution in [0.5, 0.6) is 0 Å². The molecule has 0 radical (unpaired) electrons. The minimum Gasteiger partial charge on any atom is -0.389 e. The Kier molecular flexibility index (Phi) is 7.37. The van der Waals surface area contributed by atoms with E-state index in [0.29, 0.717) is 0 Å². The fourth-order valence-electron chi connectivity index (χ4n) is 3.42. The van der Waals surface area contributed by atoms with Crippen LogP contribution in [0.25, 0.3) is 22.0 Å². The van der Waals surface area contributed by atoms with E-state index < -0.39 is 19.3 Å². The second-order valence-electron chi connectivity index (χ2n) is 7.28. The van der Waals surface area contributed by atoms with Crippen LogP contribution >= 0.6 is 12.2 Å². The van der Waals surface area contributed by atoms with E-state index in [2.05, 4.69) is 5.32 Å². The van der Waals surface area contributed by atoms with Crippen molar-refractivity contribution in [3.8, 4) is 17.1 Å². The van der Waals surface area contributed by atoms with Crippen LogP contribution in [0.15, 0.2) is 48.7 Å². The van der Waals surface area contributed by atoms with E-state index in [1.54, 1.807) is 5.97 Å². The van der Waals surface area contributed by atoms with Crippen molar-refractivity contribution < 1.29 is 13.6 Å². The Labute approximate surface area is 185 Å². The lowest BCUT2D eigenvalue weighted by molar-refractivity contribution is 0.259. The van der Waals surface area contributed by atoms with E-state index in [9.17, 15) is 13.6 Å². The number of nitriles is 1. The van der Waals surface area contributed by atoms with Gasteiger partial charge in [-0.25, -0.2) is 5.26 Å². The first-order chi connectivity index (χ1) is 15.0. The molecule has 0 spiro atoms. The van der Waals surface area contributed by atoms with Crippen molar-refractivity contribution in [2.75, 3.05) is 13.3 Å². The van der Waals surface area contributed by atoms with Gasteiger partial charge >= 0.3 is 7.28 Å². The Bertz CT molecular complexity index is 1150. The Balaban J connectivity index is 2.05. The quantitative estimate of drug-likeness (QED) is 0.395. The third kappa shape index (κ3) is 5.27. The van der Waals surface area contributed by atoms with Gasteiger partial charge in [0, 0.05) is 53.2 Å². The molecule has 31 heavy (non-hydrogen) atoms. The maximum atomic E-state index is 13.2. The zero-order valence-electron chi connectivity index (χ0n) is 16.8. The first-order valence-electron chi connectivity index (χ1n) is 9.74. The maximum Gasteiger partial charge on any atom is 0.355 e. The number of benzene rings is 2. The predicted octanol–water partition coefficient (Wildman–Crippen LogP) is 3.62. The number of thiocarbonyl (C=S) groups is 1. The van der Waals surface area contributed by atoms with E-state index >= 15 is 0 Å². The van der Waals surface area contributed by atoms with Gasteiger partial charge in [0.05, 0.1) is 13.3 Å². The molecule has 0 aliphatic heterocycles. The second kappa shape index (κ2) is 10.2. The van der Waals surface area contributed by atoms with Crippen LogP contribution < -0.4 is 11.1 Å². The van der Waals surface area contributed by atoms with Crippen molar-refractivity contribution in [3.05, 3.63) is 59.8 Å². The zero-order valence-corrected chi connectivity index (χ0v) is 17.6. The number of fused-ring (bicyclic) bond motifs is 1. The molecule has 0 saturated carbocycles. The van der Waals surface area contributed by atoms with Crippen LogP contribution in [0.3, 0.4) is 0 Å². The molecule has 1 amide bonds. The van der Waals surface area contributed by atoms with Gasteiger partial charge in [-0.2, -0.15) is 0 Å². The smallest absolute Gasteiger partial charge is 0.355 e. The summed E-state index contributed by atoms with van der Waals surface area (Å²) in [6, 6.07) is 13.2. The molecule has 0 aliphatic carbocycles. The van der Waals surface area contributed by atoms with Crippen molar-refractivity contribution in [2.45, 2.75) is 13.1 Å². The molecule has 2 aromatic carbocycles. The molecule has 3 aromatic rings. The number of halogens is 2. The van der Waals surface area contributed by atoms with E-state index in [4.69, 9.17) is 23.2 Å². The number of amides is 1. The number of alkyl halides is 2. The Morgan fingerprint density at radius 1 is 1.26 bits per heavy atom. The van der Waals surface area contributed by atoms with Crippen LogP contribution in [0.4, 0.5) is 13.6 Å². The monoisotopic (exact) mass is 438 g/mol. The summed E-state index contributed by atoms with van der Waals surface area (Å²) in [6.45, 7) is -1.08. The number of hydrogen-bond donors (Lipinski definition) is 2. The highest BCUT2D eigenvalue weighted by molar-refractivity contribution is 7.80. The molecular formula is C22H21BF2N4OS. The third-order valence-electron chi connectivity index (χ3n) is 5.03. The minimum absolute atomic E-state index is 0.183. The topological polar surface area (TPSA) is 83.8 Å². The normalized spacial score (nSPS) is 10.8. The van der Waals surface area contributed by atoms with Gasteiger partial charge in [-0.15, -0.1) is 0 Å². The molecule has 0 aliphatic rings. The molecule has 3 rings (SSSR count). The van der Waals surface area contributed by atoms with Gasteiger partial charge in [0.1, 0.15) is 4.99 Å². The van der Waals surface area contributed by atoms with Crippen molar-refractivity contribution in [1.82, 2.24) is 9.88 Å². The van der Waals surface area contributed by atoms with Crippen LogP contribution in [0, 0.1) is 17.1 Å². The van der Waals surface area contributed by atoms with Crippen LogP contribution in [0.2, 0.25) is 0 Å². The number of nitrogens with one attached hydrogen (secondary N) is 1. The second-order valence-corrected chi connectivity index (χ2v) is 7.72. The molecule has 3 N–H and O–H groups in total. The number of nitrogens with zero attached hydrogens (tertiary/aromatic N) is 2. The number of nitrogens with two attached hydrogens (primary N) is 1. The van der Waals surface area contributed by atoms with Gasteiger partial charge in [0.25, 0.3) is 0 Å². The highest BCUT2D eigenvalue weighted by Crippen LogP contribution is 2.32. The van der Waals surface area contributed by atoms with E-state index in [1.165, 1.54) is 0 Å². The fraction of sp³-hybridized carbons (Fsp3) is 0.227. The highest BCUT2D eigenvalue weighted by Gasteiger charge is 2.16.